The summed E-state index contributed by atoms with van der Waals surface area (Å²) in [5, 5.41) is 5.86. The number of carbonyl (C=O) groups excluding carboxylic acids is 2. The number of hydrogen-bond donors (Lipinski definition) is 0. The first-order valence-electron chi connectivity index (χ1n) is 8.35. The van der Waals surface area contributed by atoms with Crippen LogP contribution in [0.1, 0.15) is 36.8 Å². The standard InChI is InChI=1S/C18H19N3O4/c1-20(18(23)12-6-7-12)11-17(22)21-14(16-5-3-9-25-16)10-13(19-21)15-4-2-8-24-15/h2-5,8-9,12,14H,6-7,10-11H2,1H3/t14-/m1/s1. The van der Waals surface area contributed by atoms with Gasteiger partial charge in [0.05, 0.1) is 12.5 Å². The van der Waals surface area contributed by atoms with Gasteiger partial charge in [-0.15, -0.1) is 0 Å². The second kappa shape index (κ2) is 6.23. The van der Waals surface area contributed by atoms with Gasteiger partial charge in [-0.1, -0.05) is 0 Å². The van der Waals surface area contributed by atoms with Crippen molar-refractivity contribution >= 4 is 17.5 Å². The maximum Gasteiger partial charge on any atom is 0.262 e. The van der Waals surface area contributed by atoms with Gasteiger partial charge in [0, 0.05) is 19.4 Å². The van der Waals surface area contributed by atoms with E-state index in [1.807, 2.05) is 12.1 Å². The van der Waals surface area contributed by atoms with E-state index >= 15 is 0 Å². The number of furan rings is 2. The summed E-state index contributed by atoms with van der Waals surface area (Å²) in [6, 6.07) is 6.88. The first-order valence-corrected chi connectivity index (χ1v) is 8.35. The van der Waals surface area contributed by atoms with Crippen molar-refractivity contribution in [3.8, 4) is 0 Å². The van der Waals surface area contributed by atoms with E-state index in [0.717, 1.165) is 12.8 Å². The van der Waals surface area contributed by atoms with E-state index in [1.54, 1.807) is 31.7 Å². The third-order valence-electron chi connectivity index (χ3n) is 4.52. The van der Waals surface area contributed by atoms with Gasteiger partial charge in [0.1, 0.15) is 29.8 Å². The molecule has 2 amide bonds. The lowest BCUT2D eigenvalue weighted by Crippen LogP contribution is -2.39. The van der Waals surface area contributed by atoms with Crippen molar-refractivity contribution in [1.82, 2.24) is 9.91 Å². The summed E-state index contributed by atoms with van der Waals surface area (Å²) >= 11 is 0. The van der Waals surface area contributed by atoms with E-state index in [1.165, 1.54) is 9.91 Å². The molecule has 1 atom stereocenters. The van der Waals surface area contributed by atoms with Crippen molar-refractivity contribution in [2.24, 2.45) is 11.0 Å². The minimum Gasteiger partial charge on any atom is -0.467 e. The fourth-order valence-electron chi connectivity index (χ4n) is 3.03. The van der Waals surface area contributed by atoms with Crippen LogP contribution in [0, 0.1) is 5.92 Å². The highest BCUT2D eigenvalue weighted by atomic mass is 16.3. The quantitative estimate of drug-likeness (QED) is 0.836. The first kappa shape index (κ1) is 15.7. The molecule has 2 aromatic heterocycles. The smallest absolute Gasteiger partial charge is 0.262 e. The lowest BCUT2D eigenvalue weighted by Gasteiger charge is -2.23. The van der Waals surface area contributed by atoms with Crippen LogP contribution < -0.4 is 0 Å². The van der Waals surface area contributed by atoms with Crippen molar-refractivity contribution < 1.29 is 18.4 Å². The molecule has 0 radical (unpaired) electrons. The van der Waals surface area contributed by atoms with Crippen LogP contribution in [0.5, 0.6) is 0 Å². The Morgan fingerprint density at radius 3 is 2.64 bits per heavy atom. The summed E-state index contributed by atoms with van der Waals surface area (Å²) in [6.45, 7) is 0.00146. The fraction of sp³-hybridized carbons (Fsp3) is 0.389. The second-order valence-electron chi connectivity index (χ2n) is 6.47. The van der Waals surface area contributed by atoms with Crippen LogP contribution in [-0.2, 0) is 9.59 Å². The Kier molecular flexibility index (Phi) is 3.91. The van der Waals surface area contributed by atoms with Crippen molar-refractivity contribution in [2.45, 2.75) is 25.3 Å². The SMILES string of the molecule is CN(CC(=O)N1N=C(c2ccco2)C[C@@H]1c1ccco1)C(=O)C1CC1. The number of hydrogen-bond acceptors (Lipinski definition) is 5. The molecule has 7 heteroatoms. The van der Waals surface area contributed by atoms with Gasteiger partial charge in [-0.3, -0.25) is 9.59 Å². The Balaban J connectivity index is 1.54. The average molecular weight is 341 g/mol. The summed E-state index contributed by atoms with van der Waals surface area (Å²) in [4.78, 5) is 26.4. The maximum absolute atomic E-state index is 12.8. The number of hydrazone groups is 1. The second-order valence-corrected chi connectivity index (χ2v) is 6.47. The van der Waals surface area contributed by atoms with E-state index < -0.39 is 0 Å². The molecule has 0 bridgehead atoms. The Hall–Kier alpha value is -2.83. The predicted octanol–water partition coefficient (Wildman–Crippen LogP) is 2.42. The Morgan fingerprint density at radius 1 is 1.24 bits per heavy atom. The first-order chi connectivity index (χ1) is 12.1. The summed E-state index contributed by atoms with van der Waals surface area (Å²) in [5.41, 5.74) is 0.691. The zero-order valence-electron chi connectivity index (χ0n) is 13.9. The number of nitrogens with zero attached hydrogens (tertiary/aromatic N) is 3. The Morgan fingerprint density at radius 2 is 2.00 bits per heavy atom. The normalized spacial score (nSPS) is 19.8. The van der Waals surface area contributed by atoms with Crippen LogP contribution in [0.25, 0.3) is 0 Å². The minimum atomic E-state index is -0.327. The highest BCUT2D eigenvalue weighted by Crippen LogP contribution is 2.34. The Bertz CT molecular complexity index is 790. The largest absolute Gasteiger partial charge is 0.467 e. The molecule has 4 rings (SSSR count). The number of likely N-dealkylation sites (N-methyl/N-ethyl adjacent to an activating group) is 1. The van der Waals surface area contributed by atoms with Gasteiger partial charge in [0.15, 0.2) is 0 Å². The monoisotopic (exact) mass is 341 g/mol. The van der Waals surface area contributed by atoms with E-state index in [0.29, 0.717) is 23.7 Å². The molecule has 1 saturated carbocycles. The summed E-state index contributed by atoms with van der Waals surface area (Å²) < 4.78 is 10.9. The molecule has 2 aliphatic rings. The highest BCUT2D eigenvalue weighted by molar-refractivity contribution is 6.01. The zero-order valence-corrected chi connectivity index (χ0v) is 13.9. The van der Waals surface area contributed by atoms with Crippen molar-refractivity contribution in [2.75, 3.05) is 13.6 Å². The molecule has 130 valence electrons. The van der Waals surface area contributed by atoms with Gasteiger partial charge in [0.2, 0.25) is 5.91 Å². The van der Waals surface area contributed by atoms with Gasteiger partial charge in [-0.25, -0.2) is 5.01 Å². The highest BCUT2D eigenvalue weighted by Gasteiger charge is 2.38. The molecule has 1 aliphatic heterocycles. The molecule has 7 nitrogen and oxygen atoms in total. The van der Waals surface area contributed by atoms with E-state index in [9.17, 15) is 9.59 Å². The molecule has 0 spiro atoms. The third kappa shape index (κ3) is 3.09. The van der Waals surface area contributed by atoms with Gasteiger partial charge in [-0.2, -0.15) is 5.10 Å². The molecule has 0 aromatic carbocycles. The van der Waals surface area contributed by atoms with Gasteiger partial charge in [0.25, 0.3) is 5.91 Å². The van der Waals surface area contributed by atoms with Gasteiger partial charge < -0.3 is 13.7 Å². The summed E-state index contributed by atoms with van der Waals surface area (Å²) in [6.07, 6.45) is 5.48. The molecular weight excluding hydrogens is 322 g/mol. The predicted molar refractivity (Wildman–Crippen MR) is 88.5 cm³/mol. The van der Waals surface area contributed by atoms with E-state index in [2.05, 4.69) is 5.10 Å². The van der Waals surface area contributed by atoms with Crippen LogP contribution in [0.3, 0.4) is 0 Å². The molecule has 1 aliphatic carbocycles. The minimum absolute atomic E-state index is 0.00146. The van der Waals surface area contributed by atoms with Crippen LogP contribution in [0.4, 0.5) is 0 Å². The molecule has 0 N–H and O–H groups in total. The molecule has 0 saturated heterocycles. The van der Waals surface area contributed by atoms with Crippen LogP contribution in [-0.4, -0.2) is 41.0 Å². The van der Waals surface area contributed by atoms with Gasteiger partial charge in [-0.05, 0) is 37.1 Å². The molecule has 0 unspecified atom stereocenters. The topological polar surface area (TPSA) is 79.3 Å². The number of carbonyl (C=O) groups is 2. The fourth-order valence-corrected chi connectivity index (χ4v) is 3.03. The Labute approximate surface area is 144 Å². The van der Waals surface area contributed by atoms with Crippen LogP contribution >= 0.6 is 0 Å². The zero-order chi connectivity index (χ0) is 17.4. The molecule has 25 heavy (non-hydrogen) atoms. The maximum atomic E-state index is 12.8. The summed E-state index contributed by atoms with van der Waals surface area (Å²) in [5.74, 6) is 1.17. The lowest BCUT2D eigenvalue weighted by molar-refractivity contribution is -0.141. The number of rotatable bonds is 5. The van der Waals surface area contributed by atoms with E-state index in [-0.39, 0.29) is 30.3 Å². The average Bonchev–Trinajstić information content (AvgIpc) is 3.04. The molecule has 3 heterocycles. The molecule has 2 aromatic rings. The van der Waals surface area contributed by atoms with Crippen molar-refractivity contribution in [3.05, 3.63) is 48.3 Å². The van der Waals surface area contributed by atoms with Crippen molar-refractivity contribution in [3.63, 3.8) is 0 Å². The number of amides is 2. The lowest BCUT2D eigenvalue weighted by atomic mass is 10.1. The van der Waals surface area contributed by atoms with Gasteiger partial charge >= 0.3 is 0 Å². The van der Waals surface area contributed by atoms with Crippen LogP contribution in [0.2, 0.25) is 0 Å². The summed E-state index contributed by atoms with van der Waals surface area (Å²) in [7, 11) is 1.66. The third-order valence-corrected chi connectivity index (χ3v) is 4.52. The van der Waals surface area contributed by atoms with Crippen LogP contribution in [0.15, 0.2) is 50.7 Å². The van der Waals surface area contributed by atoms with Crippen molar-refractivity contribution in [1.29, 1.82) is 0 Å². The molecule has 1 fully saturated rings. The molecular formula is C18H19N3O4. The van der Waals surface area contributed by atoms with E-state index in [4.69, 9.17) is 8.83 Å².